The Balaban J connectivity index is 3.12. The van der Waals surface area contributed by atoms with E-state index in [0.29, 0.717) is 0 Å². The highest BCUT2D eigenvalue weighted by Gasteiger charge is 1.83. The van der Waals surface area contributed by atoms with Crippen LogP contribution in [0.3, 0.4) is 0 Å². The largest absolute Gasteiger partial charge is 0.0853 e. The van der Waals surface area contributed by atoms with Crippen LogP contribution >= 0.6 is 0 Å². The van der Waals surface area contributed by atoms with E-state index in [1.54, 1.807) is 0 Å². The van der Waals surface area contributed by atoms with Gasteiger partial charge < -0.3 is 0 Å². The molecule has 0 aliphatic heterocycles. The molecule has 0 heterocycles. The van der Waals surface area contributed by atoms with Gasteiger partial charge >= 0.3 is 0 Å². The monoisotopic (exact) mass is 110 g/mol. The van der Waals surface area contributed by atoms with Gasteiger partial charge in [-0.25, -0.2) is 0 Å². The lowest BCUT2D eigenvalue weighted by molar-refractivity contribution is 0.830. The highest BCUT2D eigenvalue weighted by atomic mass is 13.9. The van der Waals surface area contributed by atoms with Crippen LogP contribution in [0.2, 0.25) is 0 Å². The molecule has 0 saturated carbocycles. The summed E-state index contributed by atoms with van der Waals surface area (Å²) in [4.78, 5) is 0. The zero-order valence-electron chi connectivity index (χ0n) is 5.61. The van der Waals surface area contributed by atoms with E-state index < -0.39 is 0 Å². The Hall–Kier alpha value is -0.260. The first-order valence-electron chi connectivity index (χ1n) is 3.05. The van der Waals surface area contributed by atoms with Gasteiger partial charge in [-0.05, 0) is 26.7 Å². The van der Waals surface area contributed by atoms with Gasteiger partial charge in [0.15, 0.2) is 0 Å². The molecule has 0 bridgehead atoms. The van der Waals surface area contributed by atoms with Crippen molar-refractivity contribution >= 4 is 0 Å². The summed E-state index contributed by atoms with van der Waals surface area (Å²) in [6.45, 7) is 9.50. The van der Waals surface area contributed by atoms with Gasteiger partial charge in [-0.15, -0.1) is 0 Å². The van der Waals surface area contributed by atoms with Crippen molar-refractivity contribution in [1.29, 1.82) is 0 Å². The van der Waals surface area contributed by atoms with E-state index >= 15 is 0 Å². The Morgan fingerprint density at radius 3 is 2.62 bits per heavy atom. The van der Waals surface area contributed by atoms with Crippen molar-refractivity contribution in [2.24, 2.45) is 0 Å². The summed E-state index contributed by atoms with van der Waals surface area (Å²) in [5.41, 5.74) is 1.37. The summed E-state index contributed by atoms with van der Waals surface area (Å²) < 4.78 is 0. The minimum atomic E-state index is 1.03. The van der Waals surface area contributed by atoms with Gasteiger partial charge in [0.1, 0.15) is 0 Å². The van der Waals surface area contributed by atoms with Gasteiger partial charge in [0, 0.05) is 0 Å². The maximum absolute atomic E-state index is 3.74. The van der Waals surface area contributed by atoms with Crippen molar-refractivity contribution in [1.82, 2.24) is 0 Å². The predicted molar refractivity (Wildman–Crippen MR) is 38.3 cm³/mol. The molecule has 0 amide bonds. The molecular formula is C8H14. The predicted octanol–water partition coefficient (Wildman–Crippen LogP) is 2.77. The lowest BCUT2D eigenvalue weighted by Crippen LogP contribution is -1.74. The first kappa shape index (κ1) is 7.74. The maximum atomic E-state index is 3.74. The van der Waals surface area contributed by atoms with Crippen molar-refractivity contribution in [3.63, 3.8) is 0 Å². The Morgan fingerprint density at radius 1 is 1.62 bits per heavy atom. The molecule has 0 nitrogen and oxygen atoms in total. The zero-order valence-corrected chi connectivity index (χ0v) is 5.61. The smallest absolute Gasteiger partial charge is 0.0313 e. The van der Waals surface area contributed by atoms with Crippen molar-refractivity contribution in [3.8, 4) is 0 Å². The Morgan fingerprint density at radius 2 is 2.25 bits per heavy atom. The van der Waals surface area contributed by atoms with E-state index in [1.165, 1.54) is 12.0 Å². The number of unbranched alkanes of at least 4 members (excludes halogenated alkanes) is 1. The molecule has 0 spiro atoms. The molecule has 0 fully saturated rings. The van der Waals surface area contributed by atoms with Crippen LogP contribution in [0.4, 0.5) is 0 Å². The zero-order chi connectivity index (χ0) is 6.41. The van der Waals surface area contributed by atoms with Gasteiger partial charge in [-0.2, -0.15) is 0 Å². The molecule has 0 aromatic rings. The lowest BCUT2D eigenvalue weighted by atomic mass is 10.1. The van der Waals surface area contributed by atoms with Crippen LogP contribution in [0.1, 0.15) is 26.2 Å². The summed E-state index contributed by atoms with van der Waals surface area (Å²) in [7, 11) is 0. The van der Waals surface area contributed by atoms with E-state index in [2.05, 4.69) is 20.8 Å². The summed E-state index contributed by atoms with van der Waals surface area (Å²) in [6.07, 6.45) is 5.30. The number of allylic oxidation sites excluding steroid dienone is 2. The summed E-state index contributed by atoms with van der Waals surface area (Å²) in [5, 5.41) is 0. The third-order valence-electron chi connectivity index (χ3n) is 1.17. The minimum Gasteiger partial charge on any atom is -0.0853 e. The van der Waals surface area contributed by atoms with Crippen molar-refractivity contribution in [3.05, 3.63) is 25.5 Å². The minimum absolute atomic E-state index is 1.03. The molecule has 0 atom stereocenters. The fraction of sp³-hybridized carbons (Fsp3) is 0.500. The standard InChI is InChI=1S/C8H14/c1-4-6-7-8(3)5-2/h5H,1-2,4,6-7H2,3H3. The van der Waals surface area contributed by atoms with Crippen molar-refractivity contribution in [2.75, 3.05) is 0 Å². The molecule has 0 aromatic heterocycles. The number of rotatable bonds is 3. The number of hydrogen-bond acceptors (Lipinski definition) is 0. The molecule has 0 aromatic carbocycles. The molecule has 2 radical (unpaired) electrons. The van der Waals surface area contributed by atoms with E-state index in [1.807, 2.05) is 6.08 Å². The van der Waals surface area contributed by atoms with Gasteiger partial charge in [0.05, 0.1) is 0 Å². The maximum Gasteiger partial charge on any atom is -0.0313 e. The highest BCUT2D eigenvalue weighted by Crippen LogP contribution is 2.03. The summed E-state index contributed by atoms with van der Waals surface area (Å²) >= 11 is 0. The average Bonchev–Trinajstić information content (AvgIpc) is 1.83. The Labute approximate surface area is 52.6 Å². The van der Waals surface area contributed by atoms with Crippen LogP contribution < -0.4 is 0 Å². The van der Waals surface area contributed by atoms with Crippen molar-refractivity contribution in [2.45, 2.75) is 26.2 Å². The normalized spacial score (nSPS) is 12.1. The van der Waals surface area contributed by atoms with Crippen LogP contribution in [0, 0.1) is 13.8 Å². The molecule has 0 unspecified atom stereocenters. The number of hydrogen-bond donors (Lipinski definition) is 0. The van der Waals surface area contributed by atoms with Gasteiger partial charge in [-0.3, -0.25) is 0 Å². The van der Waals surface area contributed by atoms with Gasteiger partial charge in [0.2, 0.25) is 0 Å². The van der Waals surface area contributed by atoms with Crippen LogP contribution in [0.15, 0.2) is 11.6 Å². The Kier molecular flexibility index (Phi) is 4.73. The molecular weight excluding hydrogens is 96.1 g/mol. The van der Waals surface area contributed by atoms with Crippen LogP contribution in [-0.4, -0.2) is 0 Å². The molecule has 0 aliphatic rings. The third-order valence-corrected chi connectivity index (χ3v) is 1.17. The molecule has 0 saturated heterocycles. The molecule has 46 valence electrons. The second kappa shape index (κ2) is 4.89. The quantitative estimate of drug-likeness (QED) is 0.524. The van der Waals surface area contributed by atoms with Gasteiger partial charge in [-0.1, -0.05) is 25.0 Å². The second-order valence-corrected chi connectivity index (χ2v) is 2.01. The fourth-order valence-corrected chi connectivity index (χ4v) is 0.506. The van der Waals surface area contributed by atoms with E-state index in [-0.39, 0.29) is 0 Å². The summed E-state index contributed by atoms with van der Waals surface area (Å²) in [5.74, 6) is 0. The Bertz CT molecular complexity index is 70.1. The van der Waals surface area contributed by atoms with Crippen LogP contribution in [-0.2, 0) is 0 Å². The van der Waals surface area contributed by atoms with Crippen molar-refractivity contribution < 1.29 is 0 Å². The second-order valence-electron chi connectivity index (χ2n) is 2.01. The first-order valence-corrected chi connectivity index (χ1v) is 3.05. The topological polar surface area (TPSA) is 0 Å². The molecule has 0 rings (SSSR count). The van der Waals surface area contributed by atoms with E-state index in [9.17, 15) is 0 Å². The SMILES string of the molecule is [CH2]C=C(C)CCC[CH2]. The highest BCUT2D eigenvalue weighted by molar-refractivity contribution is 4.99. The van der Waals surface area contributed by atoms with E-state index in [0.717, 1.165) is 12.8 Å². The third kappa shape index (κ3) is 3.91. The fourth-order valence-electron chi connectivity index (χ4n) is 0.506. The first-order chi connectivity index (χ1) is 3.81. The molecule has 8 heavy (non-hydrogen) atoms. The molecule has 0 N–H and O–H groups in total. The average molecular weight is 110 g/mol. The van der Waals surface area contributed by atoms with Crippen LogP contribution in [0.25, 0.3) is 0 Å². The summed E-state index contributed by atoms with van der Waals surface area (Å²) in [6, 6.07) is 0. The molecule has 0 heteroatoms. The van der Waals surface area contributed by atoms with Gasteiger partial charge in [0.25, 0.3) is 0 Å². The molecule has 0 aliphatic carbocycles. The lowest BCUT2D eigenvalue weighted by Gasteiger charge is -1.94. The van der Waals surface area contributed by atoms with E-state index in [4.69, 9.17) is 0 Å². The van der Waals surface area contributed by atoms with Crippen LogP contribution in [0.5, 0.6) is 0 Å².